The van der Waals surface area contributed by atoms with Gasteiger partial charge in [-0.15, -0.1) is 0 Å². The molecule has 1 aliphatic carbocycles. The molecular formula is C23H26N4O2. The average Bonchev–Trinajstić information content (AvgIpc) is 3.39. The van der Waals surface area contributed by atoms with Crippen molar-refractivity contribution in [1.82, 2.24) is 20.0 Å². The summed E-state index contributed by atoms with van der Waals surface area (Å²) in [6.07, 6.45) is 7.82. The third-order valence-corrected chi connectivity index (χ3v) is 5.43. The van der Waals surface area contributed by atoms with Gasteiger partial charge < -0.3 is 10.6 Å². The molecule has 6 heteroatoms. The molecule has 2 amide bonds. The average molecular weight is 390 g/mol. The van der Waals surface area contributed by atoms with Crippen molar-refractivity contribution in [2.75, 3.05) is 6.54 Å². The van der Waals surface area contributed by atoms with Crippen LogP contribution >= 0.6 is 0 Å². The van der Waals surface area contributed by atoms with Gasteiger partial charge in [0.25, 0.3) is 11.8 Å². The number of benzene rings is 1. The molecule has 29 heavy (non-hydrogen) atoms. The lowest BCUT2D eigenvalue weighted by atomic mass is 10.1. The quantitative estimate of drug-likeness (QED) is 0.608. The molecule has 4 rings (SSSR count). The van der Waals surface area contributed by atoms with Crippen LogP contribution in [0.2, 0.25) is 0 Å². The van der Waals surface area contributed by atoms with Gasteiger partial charge >= 0.3 is 0 Å². The zero-order chi connectivity index (χ0) is 20.1. The summed E-state index contributed by atoms with van der Waals surface area (Å²) in [7, 11) is 0. The molecule has 2 N–H and O–H groups in total. The number of nitrogens with one attached hydrogen (secondary N) is 2. The maximum atomic E-state index is 12.7. The molecule has 150 valence electrons. The zero-order valence-electron chi connectivity index (χ0n) is 16.4. The number of aryl methyl sites for hydroxylation is 1. The van der Waals surface area contributed by atoms with E-state index in [0.29, 0.717) is 17.8 Å². The van der Waals surface area contributed by atoms with Crippen molar-refractivity contribution >= 4 is 17.3 Å². The Morgan fingerprint density at radius 1 is 1.00 bits per heavy atom. The molecule has 0 radical (unpaired) electrons. The van der Waals surface area contributed by atoms with Crippen LogP contribution in [-0.2, 0) is 6.42 Å². The standard InChI is InChI=1S/C23H26N4O2/c28-22(25-18-12-4-5-13-18)20-19-14-6-7-16-27(19)21(26-20)23(29)24-15-8-11-17-9-2-1-3-10-17/h1-3,6-7,9-10,14,16,18H,4-5,8,11-13,15H2,(H,24,29)(H,25,28). The summed E-state index contributed by atoms with van der Waals surface area (Å²) in [5.41, 5.74) is 2.21. The number of pyridine rings is 1. The molecular weight excluding hydrogens is 364 g/mol. The van der Waals surface area contributed by atoms with Crippen LogP contribution in [0.5, 0.6) is 0 Å². The molecule has 0 saturated heterocycles. The second-order valence-electron chi connectivity index (χ2n) is 7.54. The maximum absolute atomic E-state index is 12.7. The first kappa shape index (κ1) is 19.2. The van der Waals surface area contributed by atoms with Crippen LogP contribution in [0.15, 0.2) is 54.7 Å². The second-order valence-corrected chi connectivity index (χ2v) is 7.54. The van der Waals surface area contributed by atoms with Crippen LogP contribution in [0.4, 0.5) is 0 Å². The Balaban J connectivity index is 1.43. The number of amides is 2. The van der Waals surface area contributed by atoms with E-state index >= 15 is 0 Å². The fourth-order valence-electron chi connectivity index (χ4n) is 3.91. The van der Waals surface area contributed by atoms with Crippen molar-refractivity contribution in [2.24, 2.45) is 0 Å². The van der Waals surface area contributed by atoms with E-state index in [-0.39, 0.29) is 23.7 Å². The van der Waals surface area contributed by atoms with Gasteiger partial charge in [0.1, 0.15) is 0 Å². The van der Waals surface area contributed by atoms with Gasteiger partial charge in [0.2, 0.25) is 5.82 Å². The van der Waals surface area contributed by atoms with Gasteiger partial charge in [-0.2, -0.15) is 0 Å². The minimum absolute atomic E-state index is 0.205. The number of fused-ring (bicyclic) bond motifs is 1. The first-order chi connectivity index (χ1) is 14.2. The smallest absolute Gasteiger partial charge is 0.287 e. The third-order valence-electron chi connectivity index (χ3n) is 5.43. The number of rotatable bonds is 7. The number of aromatic nitrogens is 2. The van der Waals surface area contributed by atoms with Crippen LogP contribution < -0.4 is 10.6 Å². The Labute approximate surface area is 170 Å². The first-order valence-corrected chi connectivity index (χ1v) is 10.3. The van der Waals surface area contributed by atoms with Gasteiger partial charge in [0.15, 0.2) is 5.69 Å². The number of nitrogens with zero attached hydrogens (tertiary/aromatic N) is 2. The van der Waals surface area contributed by atoms with Crippen LogP contribution in [-0.4, -0.2) is 33.8 Å². The summed E-state index contributed by atoms with van der Waals surface area (Å²) in [6, 6.07) is 15.9. The lowest BCUT2D eigenvalue weighted by molar-refractivity contribution is 0.0935. The van der Waals surface area contributed by atoms with E-state index in [0.717, 1.165) is 38.5 Å². The largest absolute Gasteiger partial charge is 0.349 e. The van der Waals surface area contributed by atoms with Crippen LogP contribution in [0.3, 0.4) is 0 Å². The van der Waals surface area contributed by atoms with E-state index in [1.54, 1.807) is 10.6 Å². The molecule has 0 bridgehead atoms. The molecule has 0 unspecified atom stereocenters. The van der Waals surface area contributed by atoms with E-state index < -0.39 is 0 Å². The summed E-state index contributed by atoms with van der Waals surface area (Å²) in [4.78, 5) is 29.9. The Bertz CT molecular complexity index is 991. The number of imidazole rings is 1. The number of hydrogen-bond acceptors (Lipinski definition) is 3. The summed E-state index contributed by atoms with van der Waals surface area (Å²) in [6.45, 7) is 0.555. The van der Waals surface area contributed by atoms with Gasteiger partial charge in [-0.1, -0.05) is 49.2 Å². The Kier molecular flexibility index (Phi) is 5.89. The van der Waals surface area contributed by atoms with Crippen molar-refractivity contribution in [3.05, 3.63) is 71.8 Å². The number of carbonyl (C=O) groups is 2. The minimum Gasteiger partial charge on any atom is -0.349 e. The van der Waals surface area contributed by atoms with Crippen molar-refractivity contribution in [1.29, 1.82) is 0 Å². The molecule has 2 heterocycles. The molecule has 1 aliphatic rings. The number of carbonyl (C=O) groups excluding carboxylic acids is 2. The normalized spacial score (nSPS) is 14.2. The van der Waals surface area contributed by atoms with E-state index in [9.17, 15) is 9.59 Å². The van der Waals surface area contributed by atoms with Crippen LogP contribution in [0, 0.1) is 0 Å². The van der Waals surface area contributed by atoms with Gasteiger partial charge in [0.05, 0.1) is 5.52 Å². The van der Waals surface area contributed by atoms with Crippen LogP contribution in [0.1, 0.15) is 58.8 Å². The summed E-state index contributed by atoms with van der Waals surface area (Å²) in [5.74, 6) is -0.222. The molecule has 1 fully saturated rings. The molecule has 3 aromatic rings. The zero-order valence-corrected chi connectivity index (χ0v) is 16.4. The highest BCUT2D eigenvalue weighted by Gasteiger charge is 2.24. The van der Waals surface area contributed by atoms with E-state index in [1.807, 2.05) is 36.4 Å². The monoisotopic (exact) mass is 390 g/mol. The topological polar surface area (TPSA) is 75.5 Å². The van der Waals surface area contributed by atoms with E-state index in [2.05, 4.69) is 27.8 Å². The Morgan fingerprint density at radius 3 is 2.55 bits per heavy atom. The van der Waals surface area contributed by atoms with Crippen molar-refractivity contribution in [3.8, 4) is 0 Å². The van der Waals surface area contributed by atoms with Crippen molar-refractivity contribution in [3.63, 3.8) is 0 Å². The van der Waals surface area contributed by atoms with Crippen molar-refractivity contribution in [2.45, 2.75) is 44.6 Å². The highest BCUT2D eigenvalue weighted by molar-refractivity contribution is 6.02. The molecule has 6 nitrogen and oxygen atoms in total. The molecule has 1 saturated carbocycles. The molecule has 0 spiro atoms. The van der Waals surface area contributed by atoms with Gasteiger partial charge in [0, 0.05) is 18.8 Å². The molecule has 0 aliphatic heterocycles. The van der Waals surface area contributed by atoms with Gasteiger partial charge in [-0.3, -0.25) is 14.0 Å². The predicted molar refractivity (Wildman–Crippen MR) is 112 cm³/mol. The second kappa shape index (κ2) is 8.90. The molecule has 2 aromatic heterocycles. The first-order valence-electron chi connectivity index (χ1n) is 10.3. The predicted octanol–water partition coefficient (Wildman–Crippen LogP) is 3.37. The minimum atomic E-state index is -0.265. The summed E-state index contributed by atoms with van der Waals surface area (Å²) < 4.78 is 1.69. The SMILES string of the molecule is O=C(NC1CCCC1)c1nc(C(=O)NCCCc2ccccc2)n2ccccc12. The van der Waals surface area contributed by atoms with E-state index in [4.69, 9.17) is 0 Å². The highest BCUT2D eigenvalue weighted by atomic mass is 16.2. The van der Waals surface area contributed by atoms with Crippen molar-refractivity contribution < 1.29 is 9.59 Å². The lowest BCUT2D eigenvalue weighted by Gasteiger charge is -2.10. The van der Waals surface area contributed by atoms with E-state index in [1.165, 1.54) is 5.56 Å². The summed E-state index contributed by atoms with van der Waals surface area (Å²) in [5, 5.41) is 6.00. The fraction of sp³-hybridized carbons (Fsp3) is 0.348. The van der Waals surface area contributed by atoms with Gasteiger partial charge in [-0.25, -0.2) is 4.98 Å². The fourth-order valence-corrected chi connectivity index (χ4v) is 3.91. The highest BCUT2D eigenvalue weighted by Crippen LogP contribution is 2.19. The molecule has 1 aromatic carbocycles. The van der Waals surface area contributed by atoms with Gasteiger partial charge in [-0.05, 0) is 43.4 Å². The third kappa shape index (κ3) is 4.47. The Morgan fingerprint density at radius 2 is 1.76 bits per heavy atom. The maximum Gasteiger partial charge on any atom is 0.287 e. The number of hydrogen-bond donors (Lipinski definition) is 2. The molecule has 0 atom stereocenters. The summed E-state index contributed by atoms with van der Waals surface area (Å²) >= 11 is 0. The van der Waals surface area contributed by atoms with Crippen LogP contribution in [0.25, 0.3) is 5.52 Å². The Hall–Kier alpha value is -3.15. The lowest BCUT2D eigenvalue weighted by Crippen LogP contribution is -2.33.